The summed E-state index contributed by atoms with van der Waals surface area (Å²) in [4.78, 5) is 25.4. The van der Waals surface area contributed by atoms with Crippen molar-refractivity contribution in [2.75, 3.05) is 25.4 Å². The Hall–Kier alpha value is -1.24. The van der Waals surface area contributed by atoms with Gasteiger partial charge in [0.1, 0.15) is 0 Å². The van der Waals surface area contributed by atoms with Gasteiger partial charge in [-0.2, -0.15) is 0 Å². The Labute approximate surface area is 173 Å². The maximum Gasteiger partial charge on any atom is 0.252 e. The van der Waals surface area contributed by atoms with Crippen molar-refractivity contribution in [3.05, 3.63) is 29.8 Å². The molecule has 27 heavy (non-hydrogen) atoms. The van der Waals surface area contributed by atoms with Gasteiger partial charge in [0, 0.05) is 18.0 Å². The molecular weight excluding hydrogens is 382 g/mol. The van der Waals surface area contributed by atoms with Crippen LogP contribution in [-0.4, -0.2) is 37.2 Å². The lowest BCUT2D eigenvalue weighted by Gasteiger charge is -2.21. The molecule has 4 N–H and O–H groups in total. The van der Waals surface area contributed by atoms with Gasteiger partial charge in [-0.25, -0.2) is 0 Å². The molecule has 5 nitrogen and oxygen atoms in total. The zero-order valence-corrected chi connectivity index (χ0v) is 17.7. The van der Waals surface area contributed by atoms with Crippen molar-refractivity contribution in [1.29, 1.82) is 0 Å². The Kier molecular flexibility index (Phi) is 11.5. The van der Waals surface area contributed by atoms with E-state index >= 15 is 0 Å². The van der Waals surface area contributed by atoms with Gasteiger partial charge in [-0.1, -0.05) is 38.3 Å². The van der Waals surface area contributed by atoms with Crippen LogP contribution in [0.15, 0.2) is 29.2 Å². The largest absolute Gasteiger partial charge is 0.355 e. The minimum absolute atomic E-state index is 0. The number of carbonyl (C=O) groups is 2. The molecule has 1 aliphatic rings. The molecule has 7 heteroatoms. The molecule has 152 valence electrons. The summed E-state index contributed by atoms with van der Waals surface area (Å²) in [6.45, 7) is 3.87. The molecule has 1 saturated carbocycles. The van der Waals surface area contributed by atoms with Gasteiger partial charge in [0.15, 0.2) is 0 Å². The summed E-state index contributed by atoms with van der Waals surface area (Å²) in [6.07, 6.45) is 6.32. The summed E-state index contributed by atoms with van der Waals surface area (Å²) in [5.74, 6) is 1.11. The predicted molar refractivity (Wildman–Crippen MR) is 115 cm³/mol. The van der Waals surface area contributed by atoms with Gasteiger partial charge in [-0.3, -0.25) is 9.59 Å². The van der Waals surface area contributed by atoms with E-state index in [4.69, 9.17) is 5.73 Å². The number of rotatable bonds is 9. The zero-order chi connectivity index (χ0) is 18.8. The highest BCUT2D eigenvalue weighted by Crippen LogP contribution is 2.24. The minimum Gasteiger partial charge on any atom is -0.355 e. The standard InChI is InChI=1S/C20H31N3O2S.ClH/c1-15(11-21)12-23-20(25)17-9-5-6-10-18(17)26-14-19(24)22-13-16-7-3-2-4-8-16;/h5-6,9-10,15-16H,2-4,7-8,11-14,21H2,1H3,(H,22,24)(H,23,25);1H. The average Bonchev–Trinajstić information content (AvgIpc) is 2.69. The van der Waals surface area contributed by atoms with Gasteiger partial charge in [0.2, 0.25) is 5.91 Å². The van der Waals surface area contributed by atoms with Crippen LogP contribution in [0, 0.1) is 11.8 Å². The van der Waals surface area contributed by atoms with Crippen LogP contribution in [-0.2, 0) is 4.79 Å². The molecule has 1 atom stereocenters. The number of benzene rings is 1. The van der Waals surface area contributed by atoms with E-state index < -0.39 is 0 Å². The van der Waals surface area contributed by atoms with Crippen molar-refractivity contribution in [3.63, 3.8) is 0 Å². The van der Waals surface area contributed by atoms with E-state index in [1.54, 1.807) is 6.07 Å². The minimum atomic E-state index is -0.115. The van der Waals surface area contributed by atoms with Crippen LogP contribution in [0.4, 0.5) is 0 Å². The molecule has 2 rings (SSSR count). The molecule has 0 aliphatic heterocycles. The van der Waals surface area contributed by atoms with E-state index in [0.29, 0.717) is 30.3 Å². The first-order valence-electron chi connectivity index (χ1n) is 9.57. The number of nitrogens with two attached hydrogens (primary N) is 1. The average molecular weight is 414 g/mol. The summed E-state index contributed by atoms with van der Waals surface area (Å²) in [6, 6.07) is 7.42. The van der Waals surface area contributed by atoms with Gasteiger partial charge in [0.05, 0.1) is 11.3 Å². The summed E-state index contributed by atoms with van der Waals surface area (Å²) in [7, 11) is 0. The Morgan fingerprint density at radius 1 is 1.19 bits per heavy atom. The van der Waals surface area contributed by atoms with E-state index in [9.17, 15) is 9.59 Å². The fourth-order valence-corrected chi connectivity index (χ4v) is 3.95. The second kappa shape index (κ2) is 13.0. The third-order valence-corrected chi connectivity index (χ3v) is 5.89. The van der Waals surface area contributed by atoms with Crippen molar-refractivity contribution in [2.45, 2.75) is 43.9 Å². The molecule has 0 spiro atoms. The predicted octanol–water partition coefficient (Wildman–Crippen LogP) is 3.22. The van der Waals surface area contributed by atoms with Crippen molar-refractivity contribution in [1.82, 2.24) is 10.6 Å². The number of carbonyl (C=O) groups excluding carboxylic acids is 2. The smallest absolute Gasteiger partial charge is 0.252 e. The summed E-state index contributed by atoms with van der Waals surface area (Å²) >= 11 is 1.41. The number of hydrogen-bond acceptors (Lipinski definition) is 4. The van der Waals surface area contributed by atoms with Crippen LogP contribution in [0.25, 0.3) is 0 Å². The molecule has 1 aromatic rings. The third kappa shape index (κ3) is 8.54. The number of halogens is 1. The topological polar surface area (TPSA) is 84.2 Å². The summed E-state index contributed by atoms with van der Waals surface area (Å²) in [5.41, 5.74) is 6.20. The van der Waals surface area contributed by atoms with Gasteiger partial charge in [0.25, 0.3) is 5.91 Å². The van der Waals surface area contributed by atoms with Crippen molar-refractivity contribution < 1.29 is 9.59 Å². The lowest BCUT2D eigenvalue weighted by Crippen LogP contribution is -2.32. The Morgan fingerprint density at radius 2 is 1.89 bits per heavy atom. The fraction of sp³-hybridized carbons (Fsp3) is 0.600. The van der Waals surface area contributed by atoms with E-state index in [1.807, 2.05) is 25.1 Å². The van der Waals surface area contributed by atoms with E-state index in [0.717, 1.165) is 11.4 Å². The lowest BCUT2D eigenvalue weighted by atomic mass is 9.89. The molecule has 1 unspecified atom stereocenters. The summed E-state index contributed by atoms with van der Waals surface area (Å²) in [5, 5.41) is 5.96. The Balaban J connectivity index is 0.00000364. The third-order valence-electron chi connectivity index (χ3n) is 4.82. The van der Waals surface area contributed by atoms with Gasteiger partial charge < -0.3 is 16.4 Å². The molecule has 0 bridgehead atoms. The van der Waals surface area contributed by atoms with Crippen LogP contribution in [0.5, 0.6) is 0 Å². The molecule has 0 aromatic heterocycles. The number of amides is 2. The molecule has 1 aromatic carbocycles. The Bertz CT molecular complexity index is 594. The lowest BCUT2D eigenvalue weighted by molar-refractivity contribution is -0.118. The van der Waals surface area contributed by atoms with Crippen molar-refractivity contribution in [3.8, 4) is 0 Å². The summed E-state index contributed by atoms with van der Waals surface area (Å²) < 4.78 is 0. The molecule has 1 fully saturated rings. The quantitative estimate of drug-likeness (QED) is 0.542. The number of thioether (sulfide) groups is 1. The highest BCUT2D eigenvalue weighted by molar-refractivity contribution is 8.00. The van der Waals surface area contributed by atoms with Crippen molar-refractivity contribution in [2.24, 2.45) is 17.6 Å². The molecule has 1 aliphatic carbocycles. The van der Waals surface area contributed by atoms with Crippen LogP contribution in [0.1, 0.15) is 49.4 Å². The molecule has 2 amide bonds. The zero-order valence-electron chi connectivity index (χ0n) is 16.0. The van der Waals surface area contributed by atoms with Crippen LogP contribution < -0.4 is 16.4 Å². The number of hydrogen-bond donors (Lipinski definition) is 3. The first-order chi connectivity index (χ1) is 12.6. The maximum absolute atomic E-state index is 12.4. The first-order valence-corrected chi connectivity index (χ1v) is 10.6. The normalized spacial score (nSPS) is 15.5. The fourth-order valence-electron chi connectivity index (χ4n) is 3.07. The van der Waals surface area contributed by atoms with E-state index in [1.165, 1.54) is 43.9 Å². The maximum atomic E-state index is 12.4. The highest BCUT2D eigenvalue weighted by atomic mass is 35.5. The van der Waals surface area contributed by atoms with Crippen LogP contribution in [0.3, 0.4) is 0 Å². The SMILES string of the molecule is CC(CN)CNC(=O)c1ccccc1SCC(=O)NCC1CCCCC1.Cl. The van der Waals surface area contributed by atoms with Crippen LogP contribution in [0.2, 0.25) is 0 Å². The number of nitrogens with one attached hydrogen (secondary N) is 2. The van der Waals surface area contributed by atoms with E-state index in [-0.39, 0.29) is 30.1 Å². The second-order valence-corrected chi connectivity index (χ2v) is 8.16. The highest BCUT2D eigenvalue weighted by Gasteiger charge is 2.16. The van der Waals surface area contributed by atoms with E-state index in [2.05, 4.69) is 10.6 Å². The van der Waals surface area contributed by atoms with Gasteiger partial charge in [-0.05, 0) is 43.4 Å². The van der Waals surface area contributed by atoms with Gasteiger partial charge in [-0.15, -0.1) is 24.2 Å². The molecule has 0 radical (unpaired) electrons. The molecular formula is C20H32ClN3O2S. The second-order valence-electron chi connectivity index (χ2n) is 7.14. The van der Waals surface area contributed by atoms with Crippen LogP contribution >= 0.6 is 24.2 Å². The van der Waals surface area contributed by atoms with Gasteiger partial charge >= 0.3 is 0 Å². The first kappa shape index (κ1) is 23.8. The molecule has 0 heterocycles. The van der Waals surface area contributed by atoms with Crippen molar-refractivity contribution >= 4 is 36.0 Å². The Morgan fingerprint density at radius 3 is 2.59 bits per heavy atom. The monoisotopic (exact) mass is 413 g/mol. The molecule has 0 saturated heterocycles.